The smallest absolute Gasteiger partial charge is 0.259 e. The molecule has 7 heteroatoms. The second-order valence-corrected chi connectivity index (χ2v) is 11.7. The molecule has 0 aliphatic carbocycles. The van der Waals surface area contributed by atoms with Crippen LogP contribution in [0.5, 0.6) is 5.75 Å². The fraction of sp³-hybridized carbons (Fsp3) is 0.526. The van der Waals surface area contributed by atoms with Crippen LogP contribution in [0.3, 0.4) is 0 Å². The first-order valence-corrected chi connectivity index (χ1v) is 11.1. The highest BCUT2D eigenvalue weighted by atomic mass is 32.2. The number of carbonyl (C=O) groups is 1. The van der Waals surface area contributed by atoms with Crippen LogP contribution in [0.15, 0.2) is 23.7 Å². The van der Waals surface area contributed by atoms with Gasteiger partial charge in [0.25, 0.3) is 5.91 Å². The molecular weight excluding hydrogens is 370 g/mol. The Balaban J connectivity index is 2.68. The zero-order valence-corrected chi connectivity index (χ0v) is 18.0. The first kappa shape index (κ1) is 20.8. The zero-order valence-electron chi connectivity index (χ0n) is 16.4. The van der Waals surface area contributed by atoms with Gasteiger partial charge in [-0.05, 0) is 39.7 Å². The summed E-state index contributed by atoms with van der Waals surface area (Å²) in [6.07, 6.45) is 0.997. The maximum atomic E-state index is 12.8. The Labute approximate surface area is 160 Å². The fourth-order valence-electron chi connectivity index (χ4n) is 2.97. The molecule has 0 aromatic heterocycles. The lowest BCUT2D eigenvalue weighted by Gasteiger charge is -2.29. The summed E-state index contributed by atoms with van der Waals surface area (Å²) in [7, 11) is -3.71. The van der Waals surface area contributed by atoms with Gasteiger partial charge >= 0.3 is 0 Å². The Hall–Kier alpha value is -1.47. The van der Waals surface area contributed by atoms with Crippen molar-refractivity contribution >= 4 is 27.7 Å². The molecule has 2 rings (SSSR count). The molecule has 1 fully saturated rings. The first-order valence-electron chi connectivity index (χ1n) is 8.32. The summed E-state index contributed by atoms with van der Waals surface area (Å²) < 4.78 is 24.6. The monoisotopic (exact) mass is 397 g/mol. The minimum atomic E-state index is -3.71. The number of carbonyl (C=O) groups excluding carboxylic acids is 1. The molecule has 1 aliphatic heterocycles. The van der Waals surface area contributed by atoms with Gasteiger partial charge in [-0.1, -0.05) is 59.9 Å². The lowest BCUT2D eigenvalue weighted by Crippen LogP contribution is -2.31. The number of nitrogens with zero attached hydrogens (tertiary/aromatic N) is 1. The second-order valence-electron chi connectivity index (χ2n) is 8.72. The minimum absolute atomic E-state index is 0.199. The average molecular weight is 398 g/mol. The molecular formula is C19H27NO4S2. The molecule has 1 heterocycles. The van der Waals surface area contributed by atoms with Crippen molar-refractivity contribution in [2.75, 3.05) is 6.26 Å². The molecule has 0 bridgehead atoms. The van der Waals surface area contributed by atoms with Gasteiger partial charge in [0.2, 0.25) is 10.0 Å². The van der Waals surface area contributed by atoms with E-state index in [0.717, 1.165) is 33.4 Å². The summed E-state index contributed by atoms with van der Waals surface area (Å²) in [5.41, 5.74) is 1.48. The van der Waals surface area contributed by atoms with Crippen LogP contribution in [0.2, 0.25) is 0 Å². The Bertz CT molecular complexity index is 839. The highest BCUT2D eigenvalue weighted by Crippen LogP contribution is 2.48. The largest absolute Gasteiger partial charge is 0.507 e. The fourth-order valence-corrected chi connectivity index (χ4v) is 5.31. The summed E-state index contributed by atoms with van der Waals surface area (Å²) in [5, 5.41) is 10.3. The van der Waals surface area contributed by atoms with E-state index in [4.69, 9.17) is 0 Å². The van der Waals surface area contributed by atoms with Crippen molar-refractivity contribution in [2.24, 2.45) is 0 Å². The Morgan fingerprint density at radius 1 is 1.08 bits per heavy atom. The van der Waals surface area contributed by atoms with E-state index in [1.807, 2.05) is 41.5 Å². The van der Waals surface area contributed by atoms with Crippen LogP contribution in [-0.2, 0) is 25.6 Å². The van der Waals surface area contributed by atoms with Gasteiger partial charge in [-0.3, -0.25) is 4.79 Å². The van der Waals surface area contributed by atoms with Crippen LogP contribution < -0.4 is 0 Å². The number of hydrogen-bond acceptors (Lipinski definition) is 5. The lowest BCUT2D eigenvalue weighted by atomic mass is 9.78. The third kappa shape index (κ3) is 3.78. The molecule has 5 nitrogen and oxygen atoms in total. The van der Waals surface area contributed by atoms with Crippen LogP contribution in [-0.4, -0.2) is 30.0 Å². The number of hydrogen-bond donors (Lipinski definition) is 1. The van der Waals surface area contributed by atoms with Crippen molar-refractivity contribution in [1.29, 1.82) is 0 Å². The number of thioether (sulfide) groups is 1. The van der Waals surface area contributed by atoms with Gasteiger partial charge in [-0.25, -0.2) is 12.7 Å². The zero-order chi connectivity index (χ0) is 20.2. The number of rotatable bonds is 2. The molecule has 1 saturated heterocycles. The Kier molecular flexibility index (Phi) is 5.05. The molecule has 0 radical (unpaired) electrons. The number of benzene rings is 1. The number of phenolic OH excluding ortho intramolecular Hbond substituents is 1. The van der Waals surface area contributed by atoms with Crippen LogP contribution in [0, 0.1) is 0 Å². The van der Waals surface area contributed by atoms with Gasteiger partial charge in [0, 0.05) is 0 Å². The number of amides is 1. The molecule has 1 aromatic rings. The van der Waals surface area contributed by atoms with Crippen molar-refractivity contribution in [1.82, 2.24) is 4.31 Å². The van der Waals surface area contributed by atoms with E-state index in [1.54, 1.807) is 12.1 Å². The van der Waals surface area contributed by atoms with Gasteiger partial charge in [-0.2, -0.15) is 0 Å². The van der Waals surface area contributed by atoms with E-state index in [2.05, 4.69) is 6.58 Å². The topological polar surface area (TPSA) is 74.7 Å². The standard InChI is InChI=1S/C19H27NO4S2/c1-11-20(26(8,23)24)17(22)16(25-11)12-9-13(18(2,3)4)15(21)14(10-12)19(5,6)7/h9-10,16,21H,1H2,2-8H3. The van der Waals surface area contributed by atoms with Crippen molar-refractivity contribution in [3.05, 3.63) is 40.4 Å². The average Bonchev–Trinajstić information content (AvgIpc) is 2.71. The molecule has 0 spiro atoms. The SMILES string of the molecule is C=C1SC(c2cc(C(C)(C)C)c(O)c(C(C)(C)C)c2)C(=O)N1S(C)(=O)=O. The molecule has 1 N–H and O–H groups in total. The van der Waals surface area contributed by atoms with Gasteiger partial charge in [-0.15, -0.1) is 0 Å². The predicted molar refractivity (Wildman–Crippen MR) is 107 cm³/mol. The third-order valence-electron chi connectivity index (χ3n) is 4.29. The predicted octanol–water partition coefficient (Wildman–Crippen LogP) is 4.03. The lowest BCUT2D eigenvalue weighted by molar-refractivity contribution is -0.123. The van der Waals surface area contributed by atoms with E-state index < -0.39 is 21.2 Å². The summed E-state index contributed by atoms with van der Waals surface area (Å²) in [6.45, 7) is 15.7. The van der Waals surface area contributed by atoms with Crippen LogP contribution in [0.1, 0.15) is 63.5 Å². The first-order chi connectivity index (χ1) is 11.5. The molecule has 144 valence electrons. The van der Waals surface area contributed by atoms with E-state index >= 15 is 0 Å². The summed E-state index contributed by atoms with van der Waals surface area (Å²) >= 11 is 1.13. The highest BCUT2D eigenvalue weighted by molar-refractivity contribution is 8.05. The number of phenols is 1. The number of sulfonamides is 1. The third-order valence-corrected chi connectivity index (χ3v) is 6.63. The van der Waals surface area contributed by atoms with Gasteiger partial charge in [0.15, 0.2) is 0 Å². The quantitative estimate of drug-likeness (QED) is 0.815. The molecule has 1 amide bonds. The second kappa shape index (κ2) is 6.30. The summed E-state index contributed by atoms with van der Waals surface area (Å²) in [4.78, 5) is 12.8. The summed E-state index contributed by atoms with van der Waals surface area (Å²) in [5.74, 6) is -0.295. The van der Waals surface area contributed by atoms with Crippen molar-refractivity contribution in [3.63, 3.8) is 0 Å². The maximum absolute atomic E-state index is 12.8. The normalized spacial score (nSPS) is 19.3. The van der Waals surface area contributed by atoms with E-state index in [-0.39, 0.29) is 21.6 Å². The van der Waals surface area contributed by atoms with E-state index in [9.17, 15) is 18.3 Å². The van der Waals surface area contributed by atoms with Gasteiger partial charge in [0.1, 0.15) is 11.0 Å². The molecule has 1 unspecified atom stereocenters. The summed E-state index contributed by atoms with van der Waals surface area (Å²) in [6, 6.07) is 3.61. The molecule has 1 aliphatic rings. The van der Waals surface area contributed by atoms with E-state index in [1.165, 1.54) is 0 Å². The van der Waals surface area contributed by atoms with Crippen LogP contribution in [0.25, 0.3) is 0 Å². The molecule has 26 heavy (non-hydrogen) atoms. The number of aromatic hydroxyl groups is 1. The highest BCUT2D eigenvalue weighted by Gasteiger charge is 2.42. The molecule has 0 saturated carbocycles. The van der Waals surface area contributed by atoms with Crippen LogP contribution in [0.4, 0.5) is 0 Å². The van der Waals surface area contributed by atoms with E-state index in [0.29, 0.717) is 5.56 Å². The Morgan fingerprint density at radius 2 is 1.50 bits per heavy atom. The Morgan fingerprint density at radius 3 is 1.81 bits per heavy atom. The van der Waals surface area contributed by atoms with Gasteiger partial charge in [0.05, 0.1) is 11.3 Å². The van der Waals surface area contributed by atoms with Crippen LogP contribution >= 0.6 is 11.8 Å². The molecule has 1 atom stereocenters. The van der Waals surface area contributed by atoms with Crippen molar-refractivity contribution < 1.29 is 18.3 Å². The maximum Gasteiger partial charge on any atom is 0.259 e. The molecule has 1 aromatic carbocycles. The van der Waals surface area contributed by atoms with Gasteiger partial charge < -0.3 is 5.11 Å². The van der Waals surface area contributed by atoms with Crippen molar-refractivity contribution in [2.45, 2.75) is 57.6 Å². The minimum Gasteiger partial charge on any atom is -0.507 e. The van der Waals surface area contributed by atoms with Crippen molar-refractivity contribution in [3.8, 4) is 5.75 Å².